The van der Waals surface area contributed by atoms with Crippen molar-refractivity contribution in [2.75, 3.05) is 27.4 Å². The number of H-pyrrole nitrogens is 1. The molecule has 302 valence electrons. The molecule has 0 aliphatic carbocycles. The fraction of sp³-hybridized carbons (Fsp3) is 0.150. The van der Waals surface area contributed by atoms with Crippen molar-refractivity contribution in [1.29, 1.82) is 0 Å². The van der Waals surface area contributed by atoms with Crippen LogP contribution in [0, 0.1) is 0 Å². The third-order valence-corrected chi connectivity index (χ3v) is 9.78. The van der Waals surface area contributed by atoms with Gasteiger partial charge in [-0.1, -0.05) is 62.2 Å². The molecule has 5 N–H and O–H groups in total. The lowest BCUT2D eigenvalue weighted by Crippen LogP contribution is -2.29. The largest absolute Gasteiger partial charge is 0.488 e. The number of benzene rings is 4. The lowest BCUT2D eigenvalue weighted by molar-refractivity contribution is 0.0587. The van der Waals surface area contributed by atoms with Crippen LogP contribution in [0.3, 0.4) is 0 Å². The van der Waals surface area contributed by atoms with Crippen LogP contribution in [0.1, 0.15) is 21.0 Å². The van der Waals surface area contributed by atoms with E-state index in [1.807, 2.05) is 79.1 Å². The summed E-state index contributed by atoms with van der Waals surface area (Å²) >= 11 is 6.68. The summed E-state index contributed by atoms with van der Waals surface area (Å²) in [5.74, 6) is -0.971. The van der Waals surface area contributed by atoms with Gasteiger partial charge >= 0.3 is 19.1 Å². The number of fused-ring (bicyclic) bond motifs is 2. The number of carbonyl (C=O) groups is 2. The van der Waals surface area contributed by atoms with Gasteiger partial charge in [-0.25, -0.2) is 14.3 Å². The van der Waals surface area contributed by atoms with E-state index in [2.05, 4.69) is 57.4 Å². The van der Waals surface area contributed by atoms with E-state index in [9.17, 15) is 9.59 Å². The number of carbonyl (C=O) groups excluding carboxylic acids is 2. The fourth-order valence-electron chi connectivity index (χ4n) is 5.94. The maximum atomic E-state index is 12.3. The molecule has 0 fully saturated rings. The number of rotatable bonds is 10. The molecular weight excluding hydrogens is 891 g/mol. The highest BCUT2D eigenvalue weighted by Crippen LogP contribution is 2.30. The molecule has 0 radical (unpaired) electrons. The average Bonchev–Trinajstić information content (AvgIpc) is 4.07. The number of aromatic amines is 1. The molecule has 0 aliphatic heterocycles. The molecule has 4 heterocycles. The molecule has 8 aromatic rings. The fourth-order valence-corrected chi connectivity index (χ4v) is 6.74. The number of esters is 2. The Balaban J connectivity index is 0.000000165. The highest BCUT2D eigenvalue weighted by atomic mass is 79.9. The molecule has 0 unspecified atom stereocenters. The number of methoxy groups -OCH3 is 2. The predicted molar refractivity (Wildman–Crippen MR) is 228 cm³/mol. The number of hydrogen-bond donors (Lipinski definition) is 5. The van der Waals surface area contributed by atoms with Crippen molar-refractivity contribution in [2.24, 2.45) is 0 Å². The topological polar surface area (TPSA) is 216 Å². The molecule has 4 aromatic heterocycles. The van der Waals surface area contributed by atoms with E-state index < -0.39 is 19.1 Å². The van der Waals surface area contributed by atoms with Crippen molar-refractivity contribution in [3.8, 4) is 27.9 Å². The van der Waals surface area contributed by atoms with Gasteiger partial charge in [0, 0.05) is 43.2 Å². The quantitative estimate of drug-likeness (QED) is 0.0928. The molecule has 59 heavy (non-hydrogen) atoms. The first-order valence-corrected chi connectivity index (χ1v) is 19.4. The third kappa shape index (κ3) is 10.2. The lowest BCUT2D eigenvalue weighted by atomic mass is 9.81. The second-order valence-corrected chi connectivity index (χ2v) is 14.5. The molecule has 0 spiro atoms. The molecule has 0 amide bonds. The van der Waals surface area contributed by atoms with Crippen LogP contribution < -0.4 is 5.46 Å². The Labute approximate surface area is 354 Å². The highest BCUT2D eigenvalue weighted by Gasteiger charge is 2.20. The standard InChI is InChI=1S/C20H17BrN4O3.C14H14N4O3.C6H6BBrO2/c1-28-20(27)19-17-9-13(14-11-22-24(12-14)7-8-26)5-6-18(17)25(23-19)16-4-2-3-15(21)10-16;1-21-14(20)13-11-6-9(2-3-12(11)16-17-13)10-7-15-18(8-10)4-5-19;8-6-3-1-2-5(4-6)7(9)10/h2-6,9-12,26H,7-8H2,1H3;2-3,6-8,19H,4-5H2,1H3,(H,16,17);1-4,9-10H. The first-order valence-electron chi connectivity index (χ1n) is 17.9. The second kappa shape index (κ2) is 19.7. The summed E-state index contributed by atoms with van der Waals surface area (Å²) in [5, 5.41) is 56.4. The van der Waals surface area contributed by atoms with Crippen molar-refractivity contribution in [3.05, 3.63) is 130 Å². The van der Waals surface area contributed by atoms with E-state index in [0.717, 1.165) is 47.9 Å². The van der Waals surface area contributed by atoms with Gasteiger partial charge < -0.3 is 29.7 Å². The van der Waals surface area contributed by atoms with Crippen molar-refractivity contribution < 1.29 is 39.3 Å². The van der Waals surface area contributed by atoms with E-state index in [1.54, 1.807) is 44.6 Å². The smallest absolute Gasteiger partial charge is 0.464 e. The Morgan fingerprint density at radius 2 is 1.29 bits per heavy atom. The maximum Gasteiger partial charge on any atom is 0.488 e. The van der Waals surface area contributed by atoms with Gasteiger partial charge in [0.25, 0.3) is 0 Å². The molecule has 0 atom stereocenters. The first-order chi connectivity index (χ1) is 28.5. The maximum absolute atomic E-state index is 12.3. The Kier molecular flexibility index (Phi) is 14.2. The van der Waals surface area contributed by atoms with E-state index in [1.165, 1.54) is 14.2 Å². The van der Waals surface area contributed by atoms with Crippen LogP contribution in [0.5, 0.6) is 0 Å². The summed E-state index contributed by atoms with van der Waals surface area (Å²) in [7, 11) is 1.29. The van der Waals surface area contributed by atoms with Crippen molar-refractivity contribution in [3.63, 3.8) is 0 Å². The Morgan fingerprint density at radius 3 is 1.85 bits per heavy atom. The number of nitrogens with zero attached hydrogens (tertiary/aromatic N) is 7. The van der Waals surface area contributed by atoms with E-state index in [0.29, 0.717) is 29.3 Å². The monoisotopic (exact) mass is 926 g/mol. The number of hydrogen-bond acceptors (Lipinski definition) is 12. The Bertz CT molecular complexity index is 2710. The number of nitrogens with one attached hydrogen (secondary N) is 1. The number of ether oxygens (including phenoxy) is 2. The van der Waals surface area contributed by atoms with Gasteiger partial charge in [-0.2, -0.15) is 20.4 Å². The number of halogens is 2. The van der Waals surface area contributed by atoms with Crippen molar-refractivity contribution >= 4 is 78.2 Å². The zero-order chi connectivity index (χ0) is 42.1. The lowest BCUT2D eigenvalue weighted by Gasteiger charge is -2.04. The summed E-state index contributed by atoms with van der Waals surface area (Å²) in [6.07, 6.45) is 7.14. The Morgan fingerprint density at radius 1 is 0.712 bits per heavy atom. The summed E-state index contributed by atoms with van der Waals surface area (Å²) in [6.45, 7) is 0.929. The van der Waals surface area contributed by atoms with Crippen LogP contribution in [0.25, 0.3) is 49.7 Å². The van der Waals surface area contributed by atoms with Crippen molar-refractivity contribution in [2.45, 2.75) is 13.1 Å². The highest BCUT2D eigenvalue weighted by molar-refractivity contribution is 9.10. The molecule has 0 bridgehead atoms. The summed E-state index contributed by atoms with van der Waals surface area (Å²) in [4.78, 5) is 24.0. The van der Waals surface area contributed by atoms with E-state index in [-0.39, 0.29) is 24.6 Å². The van der Waals surface area contributed by atoms with Gasteiger partial charge in [0.05, 0.1) is 69.6 Å². The molecule has 16 nitrogen and oxygen atoms in total. The average molecular weight is 928 g/mol. The molecule has 4 aromatic carbocycles. The van der Waals surface area contributed by atoms with Crippen LogP contribution in [-0.4, -0.2) is 106 Å². The van der Waals surface area contributed by atoms with Gasteiger partial charge in [0.15, 0.2) is 11.4 Å². The van der Waals surface area contributed by atoms with Crippen LogP contribution in [0.2, 0.25) is 0 Å². The predicted octanol–water partition coefficient (Wildman–Crippen LogP) is 4.76. The van der Waals surface area contributed by atoms with Crippen LogP contribution >= 0.6 is 31.9 Å². The first kappa shape index (κ1) is 42.6. The van der Waals surface area contributed by atoms with Gasteiger partial charge in [0.2, 0.25) is 0 Å². The van der Waals surface area contributed by atoms with Crippen molar-refractivity contribution in [1.82, 2.24) is 39.5 Å². The number of aliphatic hydroxyl groups is 2. The summed E-state index contributed by atoms with van der Waals surface area (Å²) in [6, 6.07) is 26.0. The van der Waals surface area contributed by atoms with E-state index in [4.69, 9.17) is 29.7 Å². The zero-order valence-electron chi connectivity index (χ0n) is 31.6. The molecule has 0 saturated heterocycles. The van der Waals surface area contributed by atoms with Crippen LogP contribution in [0.4, 0.5) is 0 Å². The molecule has 0 saturated carbocycles. The van der Waals surface area contributed by atoms with Gasteiger partial charge in [0.1, 0.15) is 0 Å². The number of aliphatic hydroxyl groups excluding tert-OH is 2. The normalized spacial score (nSPS) is 10.8. The minimum atomic E-state index is -1.38. The van der Waals surface area contributed by atoms with E-state index >= 15 is 0 Å². The molecule has 0 aliphatic rings. The molecule has 19 heteroatoms. The summed E-state index contributed by atoms with van der Waals surface area (Å²) < 4.78 is 16.5. The molecule has 8 rings (SSSR count). The summed E-state index contributed by atoms with van der Waals surface area (Å²) in [5.41, 5.74) is 7.01. The van der Waals surface area contributed by atoms with Gasteiger partial charge in [-0.3, -0.25) is 14.5 Å². The molecular formula is C40H37BBr2N8O8. The minimum absolute atomic E-state index is 0.0199. The van der Waals surface area contributed by atoms with Crippen LogP contribution in [0.15, 0.2) is 119 Å². The zero-order valence-corrected chi connectivity index (χ0v) is 34.8. The second-order valence-electron chi connectivity index (χ2n) is 12.6. The third-order valence-electron chi connectivity index (χ3n) is 8.79. The van der Waals surface area contributed by atoms with Gasteiger partial charge in [-0.15, -0.1) is 0 Å². The minimum Gasteiger partial charge on any atom is -0.464 e. The SMILES string of the molecule is COC(=O)c1n[nH]c2ccc(-c3cnn(CCO)c3)cc12.COC(=O)c1nn(-c2cccc(Br)c2)c2ccc(-c3cnn(CCO)c3)cc12.OB(O)c1cccc(Br)c1. The van der Waals surface area contributed by atoms with Crippen LogP contribution in [-0.2, 0) is 22.6 Å². The Hall–Kier alpha value is -5.96. The van der Waals surface area contributed by atoms with Gasteiger partial charge in [-0.05, 0) is 71.2 Å². The number of aromatic nitrogens is 8.